The van der Waals surface area contributed by atoms with E-state index in [1.165, 1.54) is 0 Å². The number of hydrogen-bond donors (Lipinski definition) is 1. The average molecular weight is 223 g/mol. The van der Waals surface area contributed by atoms with Gasteiger partial charge in [-0.25, -0.2) is 0 Å². The van der Waals surface area contributed by atoms with Gasteiger partial charge in [0, 0.05) is 10.6 Å². The molecule has 1 aliphatic rings. The van der Waals surface area contributed by atoms with Gasteiger partial charge >= 0.3 is 0 Å². The van der Waals surface area contributed by atoms with Gasteiger partial charge in [-0.2, -0.15) is 0 Å². The third kappa shape index (κ3) is 2.73. The van der Waals surface area contributed by atoms with E-state index in [9.17, 15) is 5.11 Å². The van der Waals surface area contributed by atoms with Crippen molar-refractivity contribution in [3.05, 3.63) is 34.9 Å². The highest BCUT2D eigenvalue weighted by Gasteiger charge is 2.23. The van der Waals surface area contributed by atoms with E-state index >= 15 is 0 Å². The van der Waals surface area contributed by atoms with Crippen LogP contribution in [0.5, 0.6) is 0 Å². The molecule has 3 heteroatoms. The Morgan fingerprint density at radius 2 is 2.00 bits per heavy atom. The van der Waals surface area contributed by atoms with Gasteiger partial charge in [-0.05, 0) is 24.3 Å². The molecule has 2 rings (SSSR count). The molecule has 0 spiro atoms. The van der Waals surface area contributed by atoms with Crippen molar-refractivity contribution in [3.63, 3.8) is 0 Å². The maximum absolute atomic E-state index is 9.46. The Hall–Kier alpha value is -1.01. The lowest BCUT2D eigenvalue weighted by molar-refractivity contribution is 0.123. The second-order valence-corrected chi connectivity index (χ2v) is 3.92. The molecule has 0 radical (unpaired) electrons. The van der Waals surface area contributed by atoms with E-state index < -0.39 is 6.10 Å². The van der Waals surface area contributed by atoms with Gasteiger partial charge in [0.25, 0.3) is 0 Å². The van der Waals surface area contributed by atoms with Crippen molar-refractivity contribution in [2.45, 2.75) is 6.10 Å². The molecular formula is C12H11ClO2. The van der Waals surface area contributed by atoms with Crippen LogP contribution in [0.2, 0.25) is 5.02 Å². The van der Waals surface area contributed by atoms with Crippen molar-refractivity contribution in [3.8, 4) is 11.8 Å². The fourth-order valence-corrected chi connectivity index (χ4v) is 1.52. The molecule has 0 saturated carbocycles. The Morgan fingerprint density at radius 3 is 2.60 bits per heavy atom. The van der Waals surface area contributed by atoms with Crippen LogP contribution in [0.15, 0.2) is 24.3 Å². The highest BCUT2D eigenvalue weighted by Crippen LogP contribution is 2.13. The van der Waals surface area contributed by atoms with Gasteiger partial charge in [0.2, 0.25) is 0 Å². The van der Waals surface area contributed by atoms with Gasteiger partial charge in [-0.1, -0.05) is 23.4 Å². The summed E-state index contributed by atoms with van der Waals surface area (Å²) in [5, 5.41) is 10.2. The monoisotopic (exact) mass is 222 g/mol. The molecule has 0 unspecified atom stereocenters. The molecule has 0 aliphatic carbocycles. The molecule has 1 aromatic rings. The van der Waals surface area contributed by atoms with E-state index in [1.54, 1.807) is 12.1 Å². The van der Waals surface area contributed by atoms with Crippen LogP contribution in [-0.2, 0) is 4.74 Å². The highest BCUT2D eigenvalue weighted by atomic mass is 35.5. The maximum atomic E-state index is 9.46. The standard InChI is InChI=1S/C12H11ClO2/c13-11-5-2-9(3-6-11)1-4-10-7-15-8-12(10)14/h2-3,5-6,10,12,14H,7-8H2/t10-,12-/m1/s1. The second-order valence-electron chi connectivity index (χ2n) is 3.49. The van der Waals surface area contributed by atoms with Crippen molar-refractivity contribution in [1.29, 1.82) is 0 Å². The first-order valence-corrected chi connectivity index (χ1v) is 5.16. The average Bonchev–Trinajstić information content (AvgIpc) is 2.63. The summed E-state index contributed by atoms with van der Waals surface area (Å²) in [5.74, 6) is 5.93. The minimum absolute atomic E-state index is 0.0688. The van der Waals surface area contributed by atoms with Gasteiger partial charge in [-0.3, -0.25) is 0 Å². The zero-order valence-electron chi connectivity index (χ0n) is 8.11. The fraction of sp³-hybridized carbons (Fsp3) is 0.333. The molecule has 78 valence electrons. The van der Waals surface area contributed by atoms with Crippen LogP contribution < -0.4 is 0 Å². The molecule has 15 heavy (non-hydrogen) atoms. The summed E-state index contributed by atoms with van der Waals surface area (Å²) in [6, 6.07) is 7.31. The SMILES string of the molecule is O[C@@H]1COC[C@H]1C#Cc1ccc(Cl)cc1. The number of hydrogen-bond acceptors (Lipinski definition) is 2. The van der Waals surface area contributed by atoms with Gasteiger partial charge in [0.05, 0.1) is 25.2 Å². The molecular weight excluding hydrogens is 212 g/mol. The van der Waals surface area contributed by atoms with Gasteiger partial charge < -0.3 is 9.84 Å². The summed E-state index contributed by atoms with van der Waals surface area (Å²) in [5.41, 5.74) is 0.901. The fourth-order valence-electron chi connectivity index (χ4n) is 1.39. The van der Waals surface area contributed by atoms with E-state index in [0.717, 1.165) is 5.56 Å². The minimum atomic E-state index is -0.454. The molecule has 1 aromatic carbocycles. The molecule has 1 aliphatic heterocycles. The van der Waals surface area contributed by atoms with Gasteiger partial charge in [-0.15, -0.1) is 0 Å². The highest BCUT2D eigenvalue weighted by molar-refractivity contribution is 6.30. The quantitative estimate of drug-likeness (QED) is 0.677. The normalized spacial score (nSPS) is 24.7. The van der Waals surface area contributed by atoms with Crippen LogP contribution >= 0.6 is 11.6 Å². The Kier molecular flexibility index (Phi) is 3.27. The third-order valence-corrected chi connectivity index (χ3v) is 2.55. The number of aliphatic hydroxyl groups excluding tert-OH is 1. The van der Waals surface area contributed by atoms with Gasteiger partial charge in [0.1, 0.15) is 0 Å². The Balaban J connectivity index is 2.07. The van der Waals surface area contributed by atoms with Crippen LogP contribution in [0.3, 0.4) is 0 Å². The maximum Gasteiger partial charge on any atom is 0.0933 e. The summed E-state index contributed by atoms with van der Waals surface area (Å²) < 4.78 is 5.10. The molecule has 1 saturated heterocycles. The van der Waals surface area contributed by atoms with Crippen molar-refractivity contribution in [1.82, 2.24) is 0 Å². The molecule has 0 bridgehead atoms. The summed E-state index contributed by atoms with van der Waals surface area (Å²) in [7, 11) is 0. The first-order chi connectivity index (χ1) is 7.25. The second kappa shape index (κ2) is 4.67. The first kappa shape index (κ1) is 10.5. The lowest BCUT2D eigenvalue weighted by Gasteiger charge is -2.02. The molecule has 2 nitrogen and oxygen atoms in total. The molecule has 1 N–H and O–H groups in total. The van der Waals surface area contributed by atoms with Crippen molar-refractivity contribution in [2.24, 2.45) is 5.92 Å². The van der Waals surface area contributed by atoms with Crippen LogP contribution in [0.4, 0.5) is 0 Å². The summed E-state index contributed by atoms with van der Waals surface area (Å²) in [6.07, 6.45) is -0.454. The van der Waals surface area contributed by atoms with E-state index in [2.05, 4.69) is 11.8 Å². The summed E-state index contributed by atoms with van der Waals surface area (Å²) in [6.45, 7) is 0.904. The van der Waals surface area contributed by atoms with Crippen molar-refractivity contribution >= 4 is 11.6 Å². The van der Waals surface area contributed by atoms with E-state index in [0.29, 0.717) is 18.2 Å². The summed E-state index contributed by atoms with van der Waals surface area (Å²) >= 11 is 5.75. The number of rotatable bonds is 0. The zero-order valence-corrected chi connectivity index (χ0v) is 8.87. The first-order valence-electron chi connectivity index (χ1n) is 4.78. The lowest BCUT2D eigenvalue weighted by atomic mass is 10.1. The number of benzene rings is 1. The van der Waals surface area contributed by atoms with E-state index in [1.807, 2.05) is 12.1 Å². The van der Waals surface area contributed by atoms with E-state index in [-0.39, 0.29) is 5.92 Å². The molecule has 0 amide bonds. The van der Waals surface area contributed by atoms with Crippen LogP contribution in [0.25, 0.3) is 0 Å². The van der Waals surface area contributed by atoms with Crippen molar-refractivity contribution in [2.75, 3.05) is 13.2 Å². The molecule has 1 heterocycles. The van der Waals surface area contributed by atoms with Crippen molar-refractivity contribution < 1.29 is 9.84 Å². The number of aliphatic hydroxyl groups is 1. The molecule has 1 fully saturated rings. The molecule has 2 atom stereocenters. The van der Waals surface area contributed by atoms with E-state index in [4.69, 9.17) is 16.3 Å². The number of ether oxygens (including phenoxy) is 1. The molecule has 0 aromatic heterocycles. The smallest absolute Gasteiger partial charge is 0.0933 e. The summed E-state index contributed by atoms with van der Waals surface area (Å²) in [4.78, 5) is 0. The topological polar surface area (TPSA) is 29.5 Å². The van der Waals surface area contributed by atoms with Crippen LogP contribution in [0, 0.1) is 17.8 Å². The van der Waals surface area contributed by atoms with Crippen LogP contribution in [0.1, 0.15) is 5.56 Å². The predicted molar refractivity (Wildman–Crippen MR) is 58.6 cm³/mol. The Bertz CT molecular complexity index is 388. The Morgan fingerprint density at radius 1 is 1.27 bits per heavy atom. The Labute approximate surface area is 93.8 Å². The van der Waals surface area contributed by atoms with Crippen LogP contribution in [-0.4, -0.2) is 24.4 Å². The van der Waals surface area contributed by atoms with Gasteiger partial charge in [0.15, 0.2) is 0 Å². The largest absolute Gasteiger partial charge is 0.389 e. The predicted octanol–water partition coefficient (Wildman–Crippen LogP) is 1.70. The minimum Gasteiger partial charge on any atom is -0.389 e. The number of halogens is 1. The third-order valence-electron chi connectivity index (χ3n) is 2.30. The zero-order chi connectivity index (χ0) is 10.7. The lowest BCUT2D eigenvalue weighted by Crippen LogP contribution is -2.15.